The predicted octanol–water partition coefficient (Wildman–Crippen LogP) is 1.91. The van der Waals surface area contributed by atoms with Crippen LogP contribution in [0.15, 0.2) is 25.4 Å². The van der Waals surface area contributed by atoms with Crippen LogP contribution in [0.1, 0.15) is 12.0 Å². The third-order valence-corrected chi connectivity index (χ3v) is 1.86. The van der Waals surface area contributed by atoms with Crippen molar-refractivity contribution in [1.82, 2.24) is 4.98 Å². The van der Waals surface area contributed by atoms with Crippen molar-refractivity contribution in [3.63, 3.8) is 0 Å². The molecule has 0 atom stereocenters. The van der Waals surface area contributed by atoms with Gasteiger partial charge in [0.05, 0.1) is 0 Å². The lowest BCUT2D eigenvalue weighted by Gasteiger charge is -2.14. The van der Waals surface area contributed by atoms with Crippen molar-refractivity contribution in [3.05, 3.63) is 36.8 Å². The van der Waals surface area contributed by atoms with Gasteiger partial charge in [-0.05, 0) is 12.5 Å². The zero-order valence-electron chi connectivity index (χ0n) is 7.72. The molecule has 0 spiro atoms. The largest absolute Gasteiger partial charge is 0.310 e. The van der Waals surface area contributed by atoms with E-state index in [9.17, 15) is 9.18 Å². The fraction of sp³-hybridized carbons (Fsp3) is 0.200. The van der Waals surface area contributed by atoms with E-state index in [0.29, 0.717) is 24.2 Å². The summed E-state index contributed by atoms with van der Waals surface area (Å²) in [4.78, 5) is 14.7. The minimum atomic E-state index is -0.292. The molecule has 0 saturated heterocycles. The first-order valence-corrected chi connectivity index (χ1v) is 4.20. The maximum atomic E-state index is 13.0. The van der Waals surface area contributed by atoms with Crippen LogP contribution in [0, 0.1) is 5.82 Å². The Morgan fingerprint density at radius 2 is 2.14 bits per heavy atom. The van der Waals surface area contributed by atoms with Crippen molar-refractivity contribution in [2.24, 2.45) is 0 Å². The summed E-state index contributed by atoms with van der Waals surface area (Å²) in [5.74, 6) is -0.0214. The average molecular weight is 194 g/mol. The molecule has 14 heavy (non-hydrogen) atoms. The summed E-state index contributed by atoms with van der Waals surface area (Å²) in [5, 5.41) is 2.51. The van der Waals surface area contributed by atoms with Crippen LogP contribution in [0.3, 0.4) is 0 Å². The second kappa shape index (κ2) is 4.50. The van der Waals surface area contributed by atoms with Crippen molar-refractivity contribution >= 4 is 11.7 Å². The number of hydrogen-bond acceptors (Lipinski definition) is 2. The predicted molar refractivity (Wildman–Crippen MR) is 52.4 cm³/mol. The van der Waals surface area contributed by atoms with E-state index in [4.69, 9.17) is 0 Å². The molecule has 1 aromatic heterocycles. The Morgan fingerprint density at radius 1 is 1.43 bits per heavy atom. The molecule has 0 aromatic carbocycles. The number of halogens is 1. The Morgan fingerprint density at radius 3 is 2.86 bits per heavy atom. The highest BCUT2D eigenvalue weighted by Gasteiger charge is 2.18. The van der Waals surface area contributed by atoms with E-state index in [-0.39, 0.29) is 11.7 Å². The van der Waals surface area contributed by atoms with Gasteiger partial charge in [0, 0.05) is 18.2 Å². The Kier molecular flexibility index (Phi) is 3.34. The normalized spacial score (nSPS) is 13.4. The first-order valence-electron chi connectivity index (χ1n) is 4.20. The van der Waals surface area contributed by atoms with E-state index in [0.717, 1.165) is 0 Å². The lowest BCUT2D eigenvalue weighted by atomic mass is 10.1. The Labute approximate surface area is 81.7 Å². The Balaban J connectivity index is 0.000000461. The lowest BCUT2D eigenvalue weighted by molar-refractivity contribution is -0.116. The Hall–Kier alpha value is -1.71. The van der Waals surface area contributed by atoms with Crippen LogP contribution in [0.4, 0.5) is 10.2 Å². The minimum absolute atomic E-state index is 0.0967. The number of rotatable bonds is 0. The number of aromatic nitrogens is 1. The Bertz CT molecular complexity index is 352. The van der Waals surface area contributed by atoms with Crippen LogP contribution in [0.2, 0.25) is 0 Å². The summed E-state index contributed by atoms with van der Waals surface area (Å²) >= 11 is 0. The lowest BCUT2D eigenvalue weighted by Crippen LogP contribution is -2.20. The van der Waals surface area contributed by atoms with Crippen LogP contribution in [0.5, 0.6) is 0 Å². The van der Waals surface area contributed by atoms with Gasteiger partial charge in [0.25, 0.3) is 0 Å². The van der Waals surface area contributed by atoms with Crippen LogP contribution in [-0.4, -0.2) is 10.9 Å². The van der Waals surface area contributed by atoms with Gasteiger partial charge in [0.2, 0.25) is 5.91 Å². The van der Waals surface area contributed by atoms with Gasteiger partial charge in [0.15, 0.2) is 0 Å². The van der Waals surface area contributed by atoms with Gasteiger partial charge in [-0.15, -0.1) is 13.2 Å². The number of pyridine rings is 1. The van der Waals surface area contributed by atoms with Crippen LogP contribution in [-0.2, 0) is 11.2 Å². The van der Waals surface area contributed by atoms with E-state index >= 15 is 0 Å². The summed E-state index contributed by atoms with van der Waals surface area (Å²) in [6, 6.07) is 1.30. The number of nitrogens with zero attached hydrogens (tertiary/aromatic N) is 1. The van der Waals surface area contributed by atoms with Crippen molar-refractivity contribution < 1.29 is 9.18 Å². The third-order valence-electron chi connectivity index (χ3n) is 1.86. The third kappa shape index (κ3) is 1.96. The maximum absolute atomic E-state index is 13.0. The number of amides is 1. The zero-order chi connectivity index (χ0) is 10.6. The van der Waals surface area contributed by atoms with E-state index in [1.54, 1.807) is 0 Å². The molecule has 74 valence electrons. The standard InChI is InChI=1S/C8H7FN2O.C2H4/c9-6-3-4-10-8-5(6)1-2-7(12)11-8;1-2/h3-4H,1-2H2,(H,10,11,12);1-2H2. The van der Waals surface area contributed by atoms with Gasteiger partial charge in [-0.2, -0.15) is 0 Å². The molecule has 1 aromatic rings. The first-order chi connectivity index (χ1) is 6.77. The van der Waals surface area contributed by atoms with E-state index in [1.165, 1.54) is 12.3 Å². The smallest absolute Gasteiger partial charge is 0.225 e. The molecule has 2 rings (SSSR count). The fourth-order valence-electron chi connectivity index (χ4n) is 1.25. The number of nitrogens with one attached hydrogen (secondary N) is 1. The summed E-state index contributed by atoms with van der Waals surface area (Å²) in [5.41, 5.74) is 0.511. The number of hydrogen-bond donors (Lipinski definition) is 1. The average Bonchev–Trinajstić information content (AvgIpc) is 2.21. The van der Waals surface area contributed by atoms with Crippen molar-refractivity contribution in [3.8, 4) is 0 Å². The molecule has 0 fully saturated rings. The van der Waals surface area contributed by atoms with Gasteiger partial charge in [-0.25, -0.2) is 9.37 Å². The molecule has 0 aliphatic carbocycles. The van der Waals surface area contributed by atoms with Gasteiger partial charge < -0.3 is 5.32 Å². The van der Waals surface area contributed by atoms with Crippen molar-refractivity contribution in [2.45, 2.75) is 12.8 Å². The van der Waals surface area contributed by atoms with Gasteiger partial charge in [-0.1, -0.05) is 0 Å². The SMILES string of the molecule is C=C.O=C1CCc2c(F)ccnc2N1. The number of carbonyl (C=O) groups is 1. The van der Waals surface area contributed by atoms with Crippen LogP contribution >= 0.6 is 0 Å². The van der Waals surface area contributed by atoms with E-state index < -0.39 is 0 Å². The van der Waals surface area contributed by atoms with Crippen LogP contribution in [0.25, 0.3) is 0 Å². The fourth-order valence-corrected chi connectivity index (χ4v) is 1.25. The van der Waals surface area contributed by atoms with Gasteiger partial charge in [-0.3, -0.25) is 4.79 Å². The highest BCUT2D eigenvalue weighted by molar-refractivity contribution is 5.92. The molecular weight excluding hydrogens is 183 g/mol. The molecular formula is C10H11FN2O. The molecule has 0 unspecified atom stereocenters. The monoisotopic (exact) mass is 194 g/mol. The summed E-state index contributed by atoms with van der Waals surface area (Å²) in [7, 11) is 0. The molecule has 0 radical (unpaired) electrons. The molecule has 1 aliphatic heterocycles. The van der Waals surface area contributed by atoms with E-state index in [2.05, 4.69) is 23.5 Å². The van der Waals surface area contributed by atoms with Crippen molar-refractivity contribution in [1.29, 1.82) is 0 Å². The maximum Gasteiger partial charge on any atom is 0.225 e. The molecule has 0 saturated carbocycles. The topological polar surface area (TPSA) is 42.0 Å². The molecule has 0 bridgehead atoms. The summed E-state index contributed by atoms with van der Waals surface area (Å²) < 4.78 is 13.0. The van der Waals surface area contributed by atoms with Gasteiger partial charge in [0.1, 0.15) is 11.6 Å². The van der Waals surface area contributed by atoms with E-state index in [1.807, 2.05) is 0 Å². The second-order valence-electron chi connectivity index (χ2n) is 2.67. The first kappa shape index (κ1) is 10.4. The summed E-state index contributed by atoms with van der Waals surface area (Å²) in [6.07, 6.45) is 2.14. The molecule has 3 nitrogen and oxygen atoms in total. The number of fused-ring (bicyclic) bond motifs is 1. The number of anilines is 1. The second-order valence-corrected chi connectivity index (χ2v) is 2.67. The van der Waals surface area contributed by atoms with Gasteiger partial charge >= 0.3 is 0 Å². The minimum Gasteiger partial charge on any atom is -0.310 e. The molecule has 4 heteroatoms. The zero-order valence-corrected chi connectivity index (χ0v) is 7.72. The molecule has 1 N–H and O–H groups in total. The quantitative estimate of drug-likeness (QED) is 0.641. The highest BCUT2D eigenvalue weighted by atomic mass is 19.1. The highest BCUT2D eigenvalue weighted by Crippen LogP contribution is 2.21. The molecule has 2 heterocycles. The summed E-state index contributed by atoms with van der Waals surface area (Å²) in [6.45, 7) is 6.00. The number of carbonyl (C=O) groups excluding carboxylic acids is 1. The molecule has 1 aliphatic rings. The van der Waals surface area contributed by atoms with Crippen molar-refractivity contribution in [2.75, 3.05) is 5.32 Å². The molecule has 1 amide bonds. The van der Waals surface area contributed by atoms with Crippen LogP contribution < -0.4 is 5.32 Å².